The average Bonchev–Trinajstić information content (AvgIpc) is 2.60. The van der Waals surface area contributed by atoms with Gasteiger partial charge in [-0.05, 0) is 39.4 Å². The van der Waals surface area contributed by atoms with Crippen LogP contribution in [0.5, 0.6) is 0 Å². The van der Waals surface area contributed by atoms with Crippen molar-refractivity contribution in [3.05, 3.63) is 0 Å². The molecule has 1 rings (SSSR count). The van der Waals surface area contributed by atoms with Crippen LogP contribution in [0, 0.1) is 0 Å². The normalized spacial score (nSPS) is 16.6. The Balaban J connectivity index is 0.00000625. The van der Waals surface area contributed by atoms with Gasteiger partial charge < -0.3 is 19.9 Å². The summed E-state index contributed by atoms with van der Waals surface area (Å²) in [5.41, 5.74) is 0. The van der Waals surface area contributed by atoms with Gasteiger partial charge in [-0.15, -0.1) is 24.0 Å². The fourth-order valence-electron chi connectivity index (χ4n) is 3.04. The summed E-state index contributed by atoms with van der Waals surface area (Å²) in [6.45, 7) is 13.3. The van der Waals surface area contributed by atoms with E-state index in [2.05, 4.69) is 19.2 Å². The monoisotopic (exact) mass is 500 g/mol. The smallest absolute Gasteiger partial charge is 0.242 e. The molecule has 0 radical (unpaired) electrons. The number of carbonyl (C=O) groups is 1. The van der Waals surface area contributed by atoms with Crippen LogP contribution in [0.25, 0.3) is 0 Å². The van der Waals surface area contributed by atoms with Crippen molar-refractivity contribution in [2.24, 2.45) is 4.99 Å². The Kier molecular flexibility index (Phi) is 13.8. The summed E-state index contributed by atoms with van der Waals surface area (Å²) in [7, 11) is 1.94. The van der Waals surface area contributed by atoms with Crippen LogP contribution in [-0.4, -0.2) is 85.2 Å². The number of nitrogens with zero attached hydrogens (tertiary/aromatic N) is 3. The molecule has 0 spiro atoms. The molecular formula is C18H37IN4O2S. The Hall–Kier alpha value is -0.220. The van der Waals surface area contributed by atoms with E-state index in [4.69, 9.17) is 9.73 Å². The van der Waals surface area contributed by atoms with Crippen LogP contribution in [0.3, 0.4) is 0 Å². The van der Waals surface area contributed by atoms with E-state index < -0.39 is 0 Å². The van der Waals surface area contributed by atoms with E-state index in [9.17, 15) is 4.79 Å². The highest BCUT2D eigenvalue weighted by atomic mass is 127. The number of aliphatic imine (C=N–C) groups is 1. The summed E-state index contributed by atoms with van der Waals surface area (Å²) in [4.78, 5) is 21.0. The van der Waals surface area contributed by atoms with Gasteiger partial charge in [0.05, 0.1) is 13.1 Å². The van der Waals surface area contributed by atoms with Crippen molar-refractivity contribution in [2.75, 3.05) is 58.7 Å². The van der Waals surface area contributed by atoms with Gasteiger partial charge in [-0.25, -0.2) is 0 Å². The fourth-order valence-corrected chi connectivity index (χ4v) is 4.26. The summed E-state index contributed by atoms with van der Waals surface area (Å²) in [6, 6.07) is 0. The highest BCUT2D eigenvalue weighted by Crippen LogP contribution is 2.35. The molecule has 0 bridgehead atoms. The summed E-state index contributed by atoms with van der Waals surface area (Å²) >= 11 is 1.99. The van der Waals surface area contributed by atoms with Crippen molar-refractivity contribution in [3.8, 4) is 0 Å². The zero-order chi connectivity index (χ0) is 18.7. The number of carbonyl (C=O) groups excluding carboxylic acids is 1. The topological polar surface area (TPSA) is 57.2 Å². The number of hydrogen-bond donors (Lipinski definition) is 1. The number of guanidine groups is 1. The number of rotatable bonds is 9. The number of hydrogen-bond acceptors (Lipinski definition) is 4. The SMILES string of the molecule is CCNC(=NCC1(SCC)CCOCC1)N(C)CC(=O)N(CC)CC.I. The van der Waals surface area contributed by atoms with E-state index in [0.717, 1.165) is 63.9 Å². The Morgan fingerprint density at radius 2 is 1.81 bits per heavy atom. The lowest BCUT2D eigenvalue weighted by Crippen LogP contribution is -2.46. The second-order valence-corrected chi connectivity index (χ2v) is 8.05. The maximum absolute atomic E-state index is 12.4. The van der Waals surface area contributed by atoms with E-state index in [0.29, 0.717) is 6.54 Å². The summed E-state index contributed by atoms with van der Waals surface area (Å²) < 4.78 is 5.70. The van der Waals surface area contributed by atoms with Crippen LogP contribution >= 0.6 is 35.7 Å². The summed E-state index contributed by atoms with van der Waals surface area (Å²) in [5, 5.41) is 3.33. The minimum absolute atomic E-state index is 0. The number of nitrogens with one attached hydrogen (secondary N) is 1. The van der Waals surface area contributed by atoms with E-state index in [-0.39, 0.29) is 34.6 Å². The minimum atomic E-state index is 0. The van der Waals surface area contributed by atoms with Gasteiger partial charge >= 0.3 is 0 Å². The maximum atomic E-state index is 12.4. The lowest BCUT2D eigenvalue weighted by Gasteiger charge is -2.35. The molecule has 1 heterocycles. The molecule has 6 nitrogen and oxygen atoms in total. The van der Waals surface area contributed by atoms with Gasteiger partial charge in [0.25, 0.3) is 0 Å². The number of halogens is 1. The fraction of sp³-hybridized carbons (Fsp3) is 0.889. The van der Waals surface area contributed by atoms with Gasteiger partial charge in [-0.2, -0.15) is 11.8 Å². The van der Waals surface area contributed by atoms with Crippen LogP contribution in [0.2, 0.25) is 0 Å². The summed E-state index contributed by atoms with van der Waals surface area (Å²) in [5.74, 6) is 2.04. The highest BCUT2D eigenvalue weighted by molar-refractivity contribution is 14.0. The molecule has 1 amide bonds. The van der Waals surface area contributed by atoms with E-state index >= 15 is 0 Å². The van der Waals surface area contributed by atoms with Crippen molar-refractivity contribution in [1.29, 1.82) is 0 Å². The standard InChI is InChI=1S/C18H36N4O2S.HI/c1-6-19-17(21(5)14-16(23)22(7-2)8-3)20-15-18(25-9-4)10-12-24-13-11-18;/h6-15H2,1-5H3,(H,19,20);1H. The van der Waals surface area contributed by atoms with Crippen molar-refractivity contribution < 1.29 is 9.53 Å². The second kappa shape index (κ2) is 13.9. The molecule has 154 valence electrons. The maximum Gasteiger partial charge on any atom is 0.242 e. The second-order valence-electron chi connectivity index (χ2n) is 6.32. The predicted octanol–water partition coefficient (Wildman–Crippen LogP) is 2.67. The molecule has 1 aliphatic heterocycles. The Bertz CT molecular complexity index is 422. The van der Waals surface area contributed by atoms with Gasteiger partial charge in [0, 0.05) is 44.6 Å². The van der Waals surface area contributed by atoms with Crippen LogP contribution < -0.4 is 5.32 Å². The molecule has 0 aromatic carbocycles. The number of likely N-dealkylation sites (N-methyl/N-ethyl adjacent to an activating group) is 2. The van der Waals surface area contributed by atoms with Gasteiger partial charge in [0.1, 0.15) is 0 Å². The van der Waals surface area contributed by atoms with E-state index in [1.165, 1.54) is 0 Å². The number of ether oxygens (including phenoxy) is 1. The Morgan fingerprint density at radius 3 is 2.31 bits per heavy atom. The lowest BCUT2D eigenvalue weighted by atomic mass is 9.99. The van der Waals surface area contributed by atoms with Crippen molar-refractivity contribution in [1.82, 2.24) is 15.1 Å². The van der Waals surface area contributed by atoms with E-state index in [1.54, 1.807) is 0 Å². The molecule has 1 saturated heterocycles. The van der Waals surface area contributed by atoms with Crippen molar-refractivity contribution in [3.63, 3.8) is 0 Å². The first-order valence-corrected chi connectivity index (χ1v) is 10.5. The van der Waals surface area contributed by atoms with Crippen LogP contribution in [-0.2, 0) is 9.53 Å². The van der Waals surface area contributed by atoms with Gasteiger partial charge in [-0.1, -0.05) is 6.92 Å². The lowest BCUT2D eigenvalue weighted by molar-refractivity contribution is -0.131. The first-order chi connectivity index (χ1) is 12.0. The van der Waals surface area contributed by atoms with E-state index in [1.807, 2.05) is 42.5 Å². The zero-order valence-corrected chi connectivity index (χ0v) is 20.2. The third kappa shape index (κ3) is 8.21. The third-order valence-corrected chi connectivity index (χ3v) is 5.99. The Labute approximate surface area is 180 Å². The largest absolute Gasteiger partial charge is 0.381 e. The predicted molar refractivity (Wildman–Crippen MR) is 123 cm³/mol. The van der Waals surface area contributed by atoms with Crippen LogP contribution in [0.15, 0.2) is 4.99 Å². The van der Waals surface area contributed by atoms with Crippen molar-refractivity contribution >= 4 is 47.6 Å². The number of amides is 1. The number of thioether (sulfide) groups is 1. The molecule has 1 N–H and O–H groups in total. The minimum Gasteiger partial charge on any atom is -0.381 e. The molecule has 1 aliphatic rings. The molecule has 0 saturated carbocycles. The molecule has 0 atom stereocenters. The van der Waals surface area contributed by atoms with Gasteiger partial charge in [0.2, 0.25) is 5.91 Å². The highest BCUT2D eigenvalue weighted by Gasteiger charge is 2.32. The average molecular weight is 500 g/mol. The quantitative estimate of drug-likeness (QED) is 0.300. The van der Waals surface area contributed by atoms with Crippen molar-refractivity contribution in [2.45, 2.75) is 45.3 Å². The molecule has 1 fully saturated rings. The molecule has 0 unspecified atom stereocenters. The molecule has 0 aromatic rings. The first kappa shape index (κ1) is 25.8. The molecule has 26 heavy (non-hydrogen) atoms. The third-order valence-electron chi connectivity index (χ3n) is 4.56. The molecule has 8 heteroatoms. The first-order valence-electron chi connectivity index (χ1n) is 9.50. The molecule has 0 aliphatic carbocycles. The summed E-state index contributed by atoms with van der Waals surface area (Å²) in [6.07, 6.45) is 2.08. The van der Waals surface area contributed by atoms with Gasteiger partial charge in [0.15, 0.2) is 5.96 Å². The molecular weight excluding hydrogens is 463 g/mol. The van der Waals surface area contributed by atoms with Crippen LogP contribution in [0.1, 0.15) is 40.5 Å². The zero-order valence-electron chi connectivity index (χ0n) is 17.0. The van der Waals surface area contributed by atoms with Gasteiger partial charge in [-0.3, -0.25) is 9.79 Å². The molecule has 0 aromatic heterocycles. The van der Waals surface area contributed by atoms with Crippen LogP contribution in [0.4, 0.5) is 0 Å². The Morgan fingerprint density at radius 1 is 1.19 bits per heavy atom.